The van der Waals surface area contributed by atoms with Crippen molar-refractivity contribution in [2.75, 3.05) is 6.54 Å². The van der Waals surface area contributed by atoms with Crippen LogP contribution in [0.2, 0.25) is 0 Å². The van der Waals surface area contributed by atoms with Crippen molar-refractivity contribution in [1.29, 1.82) is 0 Å². The molecule has 1 aliphatic carbocycles. The Morgan fingerprint density at radius 2 is 1.79 bits per heavy atom. The SMILES string of the molecule is O=C1NC(c2ccccc2)CN1C1CCC(O)CC1. The van der Waals surface area contributed by atoms with Gasteiger partial charge in [-0.05, 0) is 31.2 Å². The smallest absolute Gasteiger partial charge is 0.318 e. The summed E-state index contributed by atoms with van der Waals surface area (Å²) < 4.78 is 0. The molecule has 0 aromatic heterocycles. The van der Waals surface area contributed by atoms with E-state index in [0.29, 0.717) is 0 Å². The van der Waals surface area contributed by atoms with E-state index in [4.69, 9.17) is 0 Å². The molecule has 1 unspecified atom stereocenters. The Morgan fingerprint density at radius 1 is 1.11 bits per heavy atom. The molecular formula is C15H20N2O2. The first-order valence-electron chi connectivity index (χ1n) is 7.04. The van der Waals surface area contributed by atoms with Gasteiger partial charge in [-0.15, -0.1) is 0 Å². The van der Waals surface area contributed by atoms with Crippen LogP contribution in [0, 0.1) is 0 Å². The maximum Gasteiger partial charge on any atom is 0.318 e. The predicted molar refractivity (Wildman–Crippen MR) is 72.7 cm³/mol. The van der Waals surface area contributed by atoms with Gasteiger partial charge in [-0.2, -0.15) is 0 Å². The second-order valence-electron chi connectivity index (χ2n) is 5.53. The lowest BCUT2D eigenvalue weighted by Crippen LogP contribution is -2.41. The first kappa shape index (κ1) is 12.5. The molecule has 4 nitrogen and oxygen atoms in total. The molecule has 1 aliphatic heterocycles. The molecule has 4 heteroatoms. The number of carbonyl (C=O) groups is 1. The van der Waals surface area contributed by atoms with Crippen LogP contribution < -0.4 is 5.32 Å². The largest absolute Gasteiger partial charge is 0.393 e. The fraction of sp³-hybridized carbons (Fsp3) is 0.533. The minimum atomic E-state index is -0.174. The third-order valence-electron chi connectivity index (χ3n) is 4.25. The highest BCUT2D eigenvalue weighted by Gasteiger charge is 2.35. The van der Waals surface area contributed by atoms with E-state index in [2.05, 4.69) is 17.4 Å². The van der Waals surface area contributed by atoms with Gasteiger partial charge < -0.3 is 15.3 Å². The summed E-state index contributed by atoms with van der Waals surface area (Å²) in [7, 11) is 0. The average molecular weight is 260 g/mol. The number of aliphatic hydroxyl groups excluding tert-OH is 1. The summed E-state index contributed by atoms with van der Waals surface area (Å²) in [5.41, 5.74) is 1.16. The van der Waals surface area contributed by atoms with E-state index in [1.807, 2.05) is 23.1 Å². The van der Waals surface area contributed by atoms with Gasteiger partial charge >= 0.3 is 6.03 Å². The van der Waals surface area contributed by atoms with Crippen LogP contribution in [-0.2, 0) is 0 Å². The van der Waals surface area contributed by atoms with Crippen molar-refractivity contribution in [3.05, 3.63) is 35.9 Å². The fourth-order valence-electron chi connectivity index (χ4n) is 3.12. The van der Waals surface area contributed by atoms with E-state index in [1.54, 1.807) is 0 Å². The van der Waals surface area contributed by atoms with Gasteiger partial charge in [-0.3, -0.25) is 0 Å². The average Bonchev–Trinajstić information content (AvgIpc) is 2.83. The van der Waals surface area contributed by atoms with Gasteiger partial charge in [-0.25, -0.2) is 4.79 Å². The van der Waals surface area contributed by atoms with Crippen LogP contribution in [0.1, 0.15) is 37.3 Å². The number of amides is 2. The van der Waals surface area contributed by atoms with Crippen molar-refractivity contribution >= 4 is 6.03 Å². The predicted octanol–water partition coefficient (Wildman–Crippen LogP) is 2.06. The van der Waals surface area contributed by atoms with Gasteiger partial charge in [0.05, 0.1) is 12.1 Å². The topological polar surface area (TPSA) is 52.6 Å². The number of nitrogens with one attached hydrogen (secondary N) is 1. The van der Waals surface area contributed by atoms with Crippen molar-refractivity contribution in [3.8, 4) is 0 Å². The van der Waals surface area contributed by atoms with Gasteiger partial charge in [-0.1, -0.05) is 30.3 Å². The van der Waals surface area contributed by atoms with Gasteiger partial charge in [0.2, 0.25) is 0 Å². The molecule has 2 fully saturated rings. The minimum absolute atomic E-state index is 0.0373. The van der Waals surface area contributed by atoms with Crippen molar-refractivity contribution in [2.45, 2.75) is 43.9 Å². The Hall–Kier alpha value is -1.55. The second-order valence-corrected chi connectivity index (χ2v) is 5.53. The van der Waals surface area contributed by atoms with Gasteiger partial charge in [0, 0.05) is 12.6 Å². The lowest BCUT2D eigenvalue weighted by Gasteiger charge is -2.32. The summed E-state index contributed by atoms with van der Waals surface area (Å²) in [4.78, 5) is 14.0. The highest BCUT2D eigenvalue weighted by atomic mass is 16.3. The Morgan fingerprint density at radius 3 is 2.47 bits per heavy atom. The van der Waals surface area contributed by atoms with E-state index in [1.165, 1.54) is 0 Å². The van der Waals surface area contributed by atoms with Crippen LogP contribution in [0.15, 0.2) is 30.3 Å². The molecule has 1 saturated carbocycles. The van der Waals surface area contributed by atoms with Gasteiger partial charge in [0.1, 0.15) is 0 Å². The van der Waals surface area contributed by atoms with E-state index in [-0.39, 0.29) is 24.2 Å². The molecule has 2 N–H and O–H groups in total. The number of benzene rings is 1. The molecule has 102 valence electrons. The van der Waals surface area contributed by atoms with Crippen molar-refractivity contribution in [3.63, 3.8) is 0 Å². The van der Waals surface area contributed by atoms with E-state index >= 15 is 0 Å². The molecule has 3 rings (SSSR count). The summed E-state index contributed by atoms with van der Waals surface area (Å²) in [5, 5.41) is 12.6. The molecule has 2 aliphatic rings. The molecular weight excluding hydrogens is 240 g/mol. The molecule has 1 atom stereocenters. The van der Waals surface area contributed by atoms with Crippen LogP contribution in [0.25, 0.3) is 0 Å². The van der Waals surface area contributed by atoms with E-state index in [0.717, 1.165) is 37.8 Å². The van der Waals surface area contributed by atoms with Crippen LogP contribution >= 0.6 is 0 Å². The standard InChI is InChI=1S/C15H20N2O2/c18-13-8-6-12(7-9-13)17-10-14(16-15(17)19)11-4-2-1-3-5-11/h1-5,12-14,18H,6-10H2,(H,16,19). The first-order chi connectivity index (χ1) is 9.24. The summed E-state index contributed by atoms with van der Waals surface area (Å²) in [6.07, 6.45) is 3.27. The molecule has 0 bridgehead atoms. The fourth-order valence-corrected chi connectivity index (χ4v) is 3.12. The molecule has 1 heterocycles. The zero-order chi connectivity index (χ0) is 13.2. The van der Waals surface area contributed by atoms with Gasteiger partial charge in [0.15, 0.2) is 0 Å². The highest BCUT2D eigenvalue weighted by molar-refractivity contribution is 5.77. The molecule has 0 spiro atoms. The molecule has 1 saturated heterocycles. The second kappa shape index (κ2) is 5.21. The minimum Gasteiger partial charge on any atom is -0.393 e. The van der Waals surface area contributed by atoms with Crippen molar-refractivity contribution in [2.24, 2.45) is 0 Å². The summed E-state index contributed by atoms with van der Waals surface area (Å²) in [6, 6.07) is 10.5. The summed E-state index contributed by atoms with van der Waals surface area (Å²) >= 11 is 0. The maximum atomic E-state index is 12.1. The van der Waals surface area contributed by atoms with E-state index < -0.39 is 0 Å². The summed E-state index contributed by atoms with van der Waals surface area (Å²) in [5.74, 6) is 0. The van der Waals surface area contributed by atoms with Gasteiger partial charge in [0.25, 0.3) is 0 Å². The monoisotopic (exact) mass is 260 g/mol. The number of nitrogens with zero attached hydrogens (tertiary/aromatic N) is 1. The third kappa shape index (κ3) is 2.59. The lowest BCUT2D eigenvalue weighted by molar-refractivity contribution is 0.0907. The molecule has 19 heavy (non-hydrogen) atoms. The van der Waals surface area contributed by atoms with Crippen LogP contribution in [-0.4, -0.2) is 34.7 Å². The molecule has 0 radical (unpaired) electrons. The zero-order valence-electron chi connectivity index (χ0n) is 11.0. The van der Waals surface area contributed by atoms with E-state index in [9.17, 15) is 9.90 Å². The summed E-state index contributed by atoms with van der Waals surface area (Å²) in [6.45, 7) is 0.740. The molecule has 1 aromatic rings. The quantitative estimate of drug-likeness (QED) is 0.855. The Balaban J connectivity index is 1.67. The van der Waals surface area contributed by atoms with Crippen LogP contribution in [0.4, 0.5) is 4.79 Å². The maximum absolute atomic E-state index is 12.1. The number of hydrogen-bond acceptors (Lipinski definition) is 2. The van der Waals surface area contributed by atoms with Crippen molar-refractivity contribution in [1.82, 2.24) is 10.2 Å². The number of carbonyl (C=O) groups excluding carboxylic acids is 1. The Labute approximate surface area is 113 Å². The Bertz CT molecular complexity index is 441. The lowest BCUT2D eigenvalue weighted by atomic mass is 9.92. The number of aliphatic hydroxyl groups is 1. The molecule has 1 aromatic carbocycles. The molecule has 2 amide bonds. The first-order valence-corrected chi connectivity index (χ1v) is 7.04. The number of rotatable bonds is 2. The Kier molecular flexibility index (Phi) is 3.42. The highest BCUT2D eigenvalue weighted by Crippen LogP contribution is 2.28. The third-order valence-corrected chi connectivity index (χ3v) is 4.25. The van der Waals surface area contributed by atoms with Crippen LogP contribution in [0.3, 0.4) is 0 Å². The number of hydrogen-bond donors (Lipinski definition) is 2. The van der Waals surface area contributed by atoms with Crippen molar-refractivity contribution < 1.29 is 9.90 Å². The zero-order valence-corrected chi connectivity index (χ0v) is 11.0. The number of urea groups is 1. The normalized spacial score (nSPS) is 31.3. The van der Waals surface area contributed by atoms with Crippen LogP contribution in [0.5, 0.6) is 0 Å².